The minimum atomic E-state index is -0.0583. The molecule has 1 atom stereocenters. The molecule has 0 aromatic carbocycles. The van der Waals surface area contributed by atoms with Crippen LogP contribution in [-0.2, 0) is 11.8 Å². The second-order valence-corrected chi connectivity index (χ2v) is 9.76. The van der Waals surface area contributed by atoms with Crippen molar-refractivity contribution in [1.29, 1.82) is 0 Å². The molecule has 0 spiro atoms. The van der Waals surface area contributed by atoms with Crippen LogP contribution in [-0.4, -0.2) is 42.1 Å². The van der Waals surface area contributed by atoms with Crippen molar-refractivity contribution >= 4 is 46.1 Å². The van der Waals surface area contributed by atoms with E-state index >= 15 is 0 Å². The Labute approximate surface area is 191 Å². The molecule has 156 valence electrons. The number of thiophene rings is 2. The average Bonchev–Trinajstić information content (AvgIpc) is 3.59. The summed E-state index contributed by atoms with van der Waals surface area (Å²) in [5, 5.41) is 19.7. The third-order valence-electron chi connectivity index (χ3n) is 4.94. The van der Waals surface area contributed by atoms with Gasteiger partial charge in [-0.25, -0.2) is 5.01 Å². The topological polar surface area (TPSA) is 76.3 Å². The van der Waals surface area contributed by atoms with Gasteiger partial charge in [0.05, 0.1) is 22.4 Å². The Hall–Kier alpha value is -2.82. The van der Waals surface area contributed by atoms with Crippen LogP contribution in [0.4, 0.5) is 0 Å². The molecule has 10 heteroatoms. The van der Waals surface area contributed by atoms with E-state index in [4.69, 9.17) is 5.10 Å². The van der Waals surface area contributed by atoms with Gasteiger partial charge in [0, 0.05) is 36.3 Å². The second-order valence-electron chi connectivity index (χ2n) is 6.89. The van der Waals surface area contributed by atoms with E-state index in [1.54, 1.807) is 40.1 Å². The zero-order chi connectivity index (χ0) is 21.2. The molecule has 1 aliphatic heterocycles. The Bertz CT molecular complexity index is 1200. The van der Waals surface area contributed by atoms with Crippen LogP contribution in [0.2, 0.25) is 0 Å². The molecule has 7 nitrogen and oxygen atoms in total. The lowest BCUT2D eigenvalue weighted by molar-refractivity contribution is -0.130. The number of hydrogen-bond acceptors (Lipinski definition) is 8. The van der Waals surface area contributed by atoms with Crippen molar-refractivity contribution in [3.63, 3.8) is 0 Å². The summed E-state index contributed by atoms with van der Waals surface area (Å²) in [4.78, 5) is 19.5. The zero-order valence-corrected chi connectivity index (χ0v) is 19.0. The third-order valence-corrected chi connectivity index (χ3v) is 7.84. The zero-order valence-electron chi connectivity index (χ0n) is 16.6. The Balaban J connectivity index is 1.34. The van der Waals surface area contributed by atoms with E-state index in [1.165, 1.54) is 11.8 Å². The molecular weight excluding hydrogens is 448 g/mol. The van der Waals surface area contributed by atoms with Crippen molar-refractivity contribution in [2.24, 2.45) is 12.1 Å². The maximum absolute atomic E-state index is 13.2. The summed E-state index contributed by atoms with van der Waals surface area (Å²) in [5.41, 5.74) is 1.90. The predicted octanol–water partition coefficient (Wildman–Crippen LogP) is 4.47. The quantitative estimate of drug-likeness (QED) is 0.392. The van der Waals surface area contributed by atoms with Crippen molar-refractivity contribution in [1.82, 2.24) is 24.8 Å². The second kappa shape index (κ2) is 8.74. The highest BCUT2D eigenvalue weighted by atomic mass is 32.2. The van der Waals surface area contributed by atoms with Crippen LogP contribution >= 0.6 is 34.4 Å². The monoisotopic (exact) mass is 466 g/mol. The van der Waals surface area contributed by atoms with Crippen molar-refractivity contribution in [3.8, 4) is 11.4 Å². The lowest BCUT2D eigenvalue weighted by atomic mass is 10.1. The van der Waals surface area contributed by atoms with Gasteiger partial charge in [0.2, 0.25) is 0 Å². The van der Waals surface area contributed by atoms with Crippen molar-refractivity contribution in [2.75, 3.05) is 5.75 Å². The largest absolute Gasteiger partial charge is 0.305 e. The fourth-order valence-corrected chi connectivity index (χ4v) is 5.72. The standard InChI is InChI=1S/C21H18N6OS3/c1-26-20(14-6-8-22-9-7-14)23-24-21(26)31-13-19(28)27-16(18-5-3-11-30-18)12-15(25-27)17-4-2-10-29-17/h2-11,16H,12-13H2,1H3/t16-/m1/s1. The smallest absolute Gasteiger partial charge is 0.253 e. The van der Waals surface area contributed by atoms with Gasteiger partial charge < -0.3 is 4.57 Å². The molecular formula is C21H18N6OS3. The molecule has 5 rings (SSSR count). The van der Waals surface area contributed by atoms with E-state index in [1.807, 2.05) is 46.6 Å². The summed E-state index contributed by atoms with van der Waals surface area (Å²) in [5.74, 6) is 0.946. The van der Waals surface area contributed by atoms with E-state index in [0.717, 1.165) is 33.3 Å². The van der Waals surface area contributed by atoms with Crippen LogP contribution in [0.5, 0.6) is 0 Å². The van der Waals surface area contributed by atoms with Crippen LogP contribution in [0.3, 0.4) is 0 Å². The fourth-order valence-electron chi connectivity index (χ4n) is 3.42. The lowest BCUT2D eigenvalue weighted by Gasteiger charge is -2.20. The Kier molecular flexibility index (Phi) is 5.66. The van der Waals surface area contributed by atoms with E-state index in [-0.39, 0.29) is 17.7 Å². The van der Waals surface area contributed by atoms with Gasteiger partial charge in [-0.2, -0.15) is 5.10 Å². The number of carbonyl (C=O) groups is 1. The fraction of sp³-hybridized carbons (Fsp3) is 0.190. The summed E-state index contributed by atoms with van der Waals surface area (Å²) >= 11 is 4.68. The van der Waals surface area contributed by atoms with Gasteiger partial charge in [0.15, 0.2) is 11.0 Å². The van der Waals surface area contributed by atoms with E-state index in [0.29, 0.717) is 5.16 Å². The van der Waals surface area contributed by atoms with Gasteiger partial charge in [-0.1, -0.05) is 23.9 Å². The van der Waals surface area contributed by atoms with Gasteiger partial charge >= 0.3 is 0 Å². The molecule has 0 saturated heterocycles. The Morgan fingerprint density at radius 3 is 2.68 bits per heavy atom. The summed E-state index contributed by atoms with van der Waals surface area (Å²) in [7, 11) is 1.90. The summed E-state index contributed by atoms with van der Waals surface area (Å²) in [6, 6.07) is 11.9. The lowest BCUT2D eigenvalue weighted by Crippen LogP contribution is -2.28. The third kappa shape index (κ3) is 4.06. The summed E-state index contributed by atoms with van der Waals surface area (Å²) < 4.78 is 1.90. The number of pyridine rings is 1. The normalized spacial score (nSPS) is 16.0. The molecule has 0 fully saturated rings. The van der Waals surface area contributed by atoms with E-state index in [9.17, 15) is 4.79 Å². The molecule has 4 aromatic rings. The molecule has 0 radical (unpaired) electrons. The minimum Gasteiger partial charge on any atom is -0.305 e. The average molecular weight is 467 g/mol. The number of rotatable bonds is 6. The first kappa shape index (κ1) is 20.1. The predicted molar refractivity (Wildman–Crippen MR) is 124 cm³/mol. The van der Waals surface area contributed by atoms with Crippen LogP contribution in [0, 0.1) is 0 Å². The van der Waals surface area contributed by atoms with Gasteiger partial charge in [-0.05, 0) is 35.0 Å². The van der Waals surface area contributed by atoms with Crippen molar-refractivity contribution in [3.05, 3.63) is 69.3 Å². The van der Waals surface area contributed by atoms with E-state index < -0.39 is 0 Å². The Morgan fingerprint density at radius 1 is 1.13 bits per heavy atom. The first-order valence-electron chi connectivity index (χ1n) is 9.60. The molecule has 31 heavy (non-hydrogen) atoms. The van der Waals surface area contributed by atoms with Gasteiger partial charge in [0.1, 0.15) is 0 Å². The number of hydrogen-bond donors (Lipinski definition) is 0. The van der Waals surface area contributed by atoms with Crippen LogP contribution in [0.25, 0.3) is 11.4 Å². The molecule has 0 unspecified atom stereocenters. The molecule has 4 aromatic heterocycles. The number of hydrazone groups is 1. The van der Waals surface area contributed by atoms with Crippen molar-refractivity contribution in [2.45, 2.75) is 17.6 Å². The number of nitrogens with zero attached hydrogens (tertiary/aromatic N) is 6. The van der Waals surface area contributed by atoms with Gasteiger partial charge in [-0.3, -0.25) is 9.78 Å². The van der Waals surface area contributed by atoms with E-state index in [2.05, 4.69) is 27.3 Å². The van der Waals surface area contributed by atoms with Gasteiger partial charge in [-0.15, -0.1) is 32.9 Å². The molecule has 0 saturated carbocycles. The molecule has 1 amide bonds. The SMILES string of the molecule is Cn1c(SCC(=O)N2N=C(c3cccs3)C[C@@H]2c2cccs2)nnc1-c1ccncc1. The first-order chi connectivity index (χ1) is 15.2. The molecule has 1 aliphatic rings. The molecule has 0 bridgehead atoms. The first-order valence-corrected chi connectivity index (χ1v) is 12.3. The summed E-state index contributed by atoms with van der Waals surface area (Å²) in [6.07, 6.45) is 4.18. The summed E-state index contributed by atoms with van der Waals surface area (Å²) in [6.45, 7) is 0. The highest BCUT2D eigenvalue weighted by Gasteiger charge is 2.34. The van der Waals surface area contributed by atoms with Crippen molar-refractivity contribution < 1.29 is 4.79 Å². The van der Waals surface area contributed by atoms with Crippen LogP contribution < -0.4 is 0 Å². The maximum atomic E-state index is 13.2. The molecule has 0 aliphatic carbocycles. The maximum Gasteiger partial charge on any atom is 0.253 e. The number of thioether (sulfide) groups is 1. The highest BCUT2D eigenvalue weighted by Crippen LogP contribution is 2.36. The Morgan fingerprint density at radius 2 is 1.94 bits per heavy atom. The molecule has 5 heterocycles. The number of carbonyl (C=O) groups excluding carboxylic acids is 1. The number of amides is 1. The van der Waals surface area contributed by atoms with Crippen LogP contribution in [0.15, 0.2) is 69.8 Å². The minimum absolute atomic E-state index is 0.0385. The highest BCUT2D eigenvalue weighted by molar-refractivity contribution is 7.99. The van der Waals surface area contributed by atoms with Gasteiger partial charge in [0.25, 0.3) is 5.91 Å². The van der Waals surface area contributed by atoms with Crippen LogP contribution in [0.1, 0.15) is 22.2 Å². The number of aromatic nitrogens is 4. The molecule has 0 N–H and O–H groups in total.